The van der Waals surface area contributed by atoms with Crippen LogP contribution >= 0.6 is 0 Å². The fourth-order valence-corrected chi connectivity index (χ4v) is 6.73. The summed E-state index contributed by atoms with van der Waals surface area (Å²) in [6, 6.07) is 56.1. The number of benzene rings is 6. The summed E-state index contributed by atoms with van der Waals surface area (Å²) in [6.07, 6.45) is 2.18. The molecule has 3 aromatic heterocycles. The topological polar surface area (TPSA) is 22.8 Å². The zero-order valence-corrected chi connectivity index (χ0v) is 23.9. The van der Waals surface area contributed by atoms with Crippen molar-refractivity contribution >= 4 is 43.5 Å². The third-order valence-electron chi connectivity index (χ3n) is 8.74. The Morgan fingerprint density at radius 2 is 0.932 bits per heavy atom. The van der Waals surface area contributed by atoms with Crippen molar-refractivity contribution in [2.45, 2.75) is 0 Å². The van der Waals surface area contributed by atoms with Crippen LogP contribution in [0.5, 0.6) is 0 Å². The minimum Gasteiger partial charge on any atom is -0.317 e. The largest absolute Gasteiger partial charge is 0.317 e. The molecule has 206 valence electrons. The molecule has 0 bridgehead atoms. The predicted molar refractivity (Wildman–Crippen MR) is 184 cm³/mol. The molecule has 6 aromatic carbocycles. The van der Waals surface area contributed by atoms with Crippen LogP contribution in [0.25, 0.3) is 77.4 Å². The lowest BCUT2D eigenvalue weighted by atomic mass is 10.0. The molecule has 3 heterocycles. The zero-order valence-electron chi connectivity index (χ0n) is 23.9. The first kappa shape index (κ1) is 24.6. The maximum absolute atomic E-state index is 5.16. The quantitative estimate of drug-likeness (QED) is 0.210. The Labute approximate surface area is 254 Å². The van der Waals surface area contributed by atoms with Gasteiger partial charge in [-0.15, -0.1) is 0 Å². The highest BCUT2D eigenvalue weighted by Gasteiger charge is 2.18. The summed E-state index contributed by atoms with van der Waals surface area (Å²) in [5.41, 5.74) is 9.96. The van der Waals surface area contributed by atoms with Gasteiger partial charge in [0.2, 0.25) is 0 Å². The van der Waals surface area contributed by atoms with Gasteiger partial charge in [-0.3, -0.25) is 0 Å². The third kappa shape index (κ3) is 3.80. The number of aromatic nitrogens is 3. The number of nitrogens with zero attached hydrogens (tertiary/aromatic N) is 3. The van der Waals surface area contributed by atoms with Crippen LogP contribution in [-0.4, -0.2) is 14.1 Å². The van der Waals surface area contributed by atoms with Gasteiger partial charge in [0, 0.05) is 44.6 Å². The molecule has 3 heteroatoms. The molecular formula is C41H27N3. The number of pyridine rings is 1. The molecule has 0 atom stereocenters. The minimum atomic E-state index is 0.954. The Kier molecular flexibility index (Phi) is 5.50. The molecule has 0 aliphatic carbocycles. The molecule has 0 amide bonds. The smallest absolute Gasteiger partial charge is 0.0730 e. The first-order valence-electron chi connectivity index (χ1n) is 15.0. The van der Waals surface area contributed by atoms with Crippen LogP contribution in [0.3, 0.4) is 0 Å². The van der Waals surface area contributed by atoms with Crippen LogP contribution in [0.2, 0.25) is 0 Å². The number of hydrogen-bond donors (Lipinski definition) is 0. The van der Waals surface area contributed by atoms with E-state index in [1.54, 1.807) is 0 Å². The summed E-state index contributed by atoms with van der Waals surface area (Å²) in [7, 11) is 0. The molecule has 44 heavy (non-hydrogen) atoms. The SMILES string of the molecule is c1ccc(-c2cc(-n3c4ccccc4c4ccc5c6ccn(-c7ccccc7)c6ccc5c43)cc(-c3ccccc3)n2)cc1. The van der Waals surface area contributed by atoms with Gasteiger partial charge in [0.25, 0.3) is 0 Å². The molecule has 9 aromatic rings. The normalized spacial score (nSPS) is 11.6. The molecule has 9 rings (SSSR count). The molecule has 0 aliphatic rings. The van der Waals surface area contributed by atoms with Crippen LogP contribution in [0.15, 0.2) is 164 Å². The number of rotatable bonds is 4. The van der Waals surface area contributed by atoms with Gasteiger partial charge < -0.3 is 9.13 Å². The highest BCUT2D eigenvalue weighted by atomic mass is 15.0. The van der Waals surface area contributed by atoms with Gasteiger partial charge in [-0.1, -0.05) is 115 Å². The third-order valence-corrected chi connectivity index (χ3v) is 8.74. The van der Waals surface area contributed by atoms with E-state index in [1.165, 1.54) is 43.5 Å². The summed E-state index contributed by atoms with van der Waals surface area (Å²) < 4.78 is 4.71. The Morgan fingerprint density at radius 3 is 1.64 bits per heavy atom. The van der Waals surface area contributed by atoms with Crippen LogP contribution in [0, 0.1) is 0 Å². The zero-order chi connectivity index (χ0) is 29.0. The van der Waals surface area contributed by atoms with Crippen molar-refractivity contribution in [1.82, 2.24) is 14.1 Å². The number of hydrogen-bond acceptors (Lipinski definition) is 1. The van der Waals surface area contributed by atoms with E-state index in [1.807, 2.05) is 0 Å². The van der Waals surface area contributed by atoms with Crippen molar-refractivity contribution in [3.63, 3.8) is 0 Å². The summed E-state index contributed by atoms with van der Waals surface area (Å²) in [5.74, 6) is 0. The molecule has 0 radical (unpaired) electrons. The lowest BCUT2D eigenvalue weighted by Gasteiger charge is -2.14. The highest BCUT2D eigenvalue weighted by Crippen LogP contribution is 2.40. The monoisotopic (exact) mass is 561 g/mol. The second-order valence-electron chi connectivity index (χ2n) is 11.3. The predicted octanol–water partition coefficient (Wildman–Crippen LogP) is 10.6. The Bertz CT molecular complexity index is 2410. The Morgan fingerprint density at radius 1 is 0.386 bits per heavy atom. The molecule has 0 aliphatic heterocycles. The van der Waals surface area contributed by atoms with Crippen LogP contribution < -0.4 is 0 Å². The lowest BCUT2D eigenvalue weighted by Crippen LogP contribution is -1.99. The average molecular weight is 562 g/mol. The molecule has 0 spiro atoms. The fourth-order valence-electron chi connectivity index (χ4n) is 6.73. The second-order valence-corrected chi connectivity index (χ2v) is 11.3. The van der Waals surface area contributed by atoms with Gasteiger partial charge in [0.1, 0.15) is 0 Å². The van der Waals surface area contributed by atoms with Gasteiger partial charge in [-0.05, 0) is 47.9 Å². The molecular weight excluding hydrogens is 534 g/mol. The molecule has 0 fully saturated rings. The number of fused-ring (bicyclic) bond motifs is 7. The van der Waals surface area contributed by atoms with Gasteiger partial charge in [0.15, 0.2) is 0 Å². The lowest BCUT2D eigenvalue weighted by molar-refractivity contribution is 1.13. The Balaban J connectivity index is 1.37. The first-order chi connectivity index (χ1) is 21.8. The molecule has 0 N–H and O–H groups in total. The number of para-hydroxylation sites is 2. The van der Waals surface area contributed by atoms with Crippen molar-refractivity contribution in [2.24, 2.45) is 0 Å². The van der Waals surface area contributed by atoms with Crippen molar-refractivity contribution in [1.29, 1.82) is 0 Å². The van der Waals surface area contributed by atoms with Crippen molar-refractivity contribution in [3.8, 4) is 33.9 Å². The van der Waals surface area contributed by atoms with Gasteiger partial charge in [0.05, 0.1) is 33.6 Å². The van der Waals surface area contributed by atoms with Crippen LogP contribution in [0.4, 0.5) is 0 Å². The molecule has 0 saturated heterocycles. The maximum atomic E-state index is 5.16. The standard InChI is InChI=1S/C41H27N3/c1-4-12-28(13-5-1)37-26-31(27-38(42-37)29-14-6-2-7-15-29)44-40-19-11-10-18-33(40)36-21-20-32-34-24-25-43(30-16-8-3-9-17-30)39(34)23-22-35(32)41(36)44/h1-27H. The van der Waals surface area contributed by atoms with E-state index in [0.717, 1.165) is 33.9 Å². The van der Waals surface area contributed by atoms with E-state index in [4.69, 9.17) is 4.98 Å². The van der Waals surface area contributed by atoms with E-state index >= 15 is 0 Å². The summed E-state index contributed by atoms with van der Waals surface area (Å²) >= 11 is 0. The fraction of sp³-hybridized carbons (Fsp3) is 0. The summed E-state index contributed by atoms with van der Waals surface area (Å²) in [4.78, 5) is 5.16. The highest BCUT2D eigenvalue weighted by molar-refractivity contribution is 6.23. The second kappa shape index (κ2) is 9.82. The van der Waals surface area contributed by atoms with Crippen molar-refractivity contribution in [3.05, 3.63) is 164 Å². The molecule has 0 saturated carbocycles. The first-order valence-corrected chi connectivity index (χ1v) is 15.0. The van der Waals surface area contributed by atoms with Gasteiger partial charge in [-0.2, -0.15) is 0 Å². The molecule has 0 unspecified atom stereocenters. The van der Waals surface area contributed by atoms with Crippen LogP contribution in [-0.2, 0) is 0 Å². The average Bonchev–Trinajstić information content (AvgIpc) is 3.69. The van der Waals surface area contributed by atoms with Crippen molar-refractivity contribution < 1.29 is 0 Å². The minimum absolute atomic E-state index is 0.954. The van der Waals surface area contributed by atoms with E-state index in [0.29, 0.717) is 0 Å². The maximum Gasteiger partial charge on any atom is 0.0730 e. The summed E-state index contributed by atoms with van der Waals surface area (Å²) in [6.45, 7) is 0. The van der Waals surface area contributed by atoms with Gasteiger partial charge >= 0.3 is 0 Å². The van der Waals surface area contributed by atoms with E-state index in [2.05, 4.69) is 173 Å². The van der Waals surface area contributed by atoms with Crippen molar-refractivity contribution in [2.75, 3.05) is 0 Å². The Hall–Kier alpha value is -5.93. The summed E-state index contributed by atoms with van der Waals surface area (Å²) in [5, 5.41) is 6.21. The van der Waals surface area contributed by atoms with E-state index in [-0.39, 0.29) is 0 Å². The van der Waals surface area contributed by atoms with Gasteiger partial charge in [-0.25, -0.2) is 4.98 Å². The van der Waals surface area contributed by atoms with E-state index < -0.39 is 0 Å². The van der Waals surface area contributed by atoms with Crippen LogP contribution in [0.1, 0.15) is 0 Å². The molecule has 3 nitrogen and oxygen atoms in total. The van der Waals surface area contributed by atoms with E-state index in [9.17, 15) is 0 Å².